The first-order valence-electron chi connectivity index (χ1n) is 29.4. The molecule has 0 spiro atoms. The van der Waals surface area contributed by atoms with E-state index in [1.807, 2.05) is 202 Å². The topological polar surface area (TPSA) is 137 Å². The van der Waals surface area contributed by atoms with Crippen molar-refractivity contribution in [3.63, 3.8) is 0 Å². The fourth-order valence-electron chi connectivity index (χ4n) is 6.99. The van der Waals surface area contributed by atoms with Crippen LogP contribution < -0.4 is 0 Å². The van der Waals surface area contributed by atoms with Gasteiger partial charge in [-0.05, 0) is 68.7 Å². The number of methoxy groups -OCH3 is 1. The predicted molar refractivity (Wildman–Crippen MR) is 356 cm³/mol. The summed E-state index contributed by atoms with van der Waals surface area (Å²) >= 11 is 0. The molecule has 0 aliphatic heterocycles. The Labute approximate surface area is 558 Å². The van der Waals surface area contributed by atoms with E-state index in [0.29, 0.717) is 17.7 Å². The van der Waals surface area contributed by atoms with E-state index >= 15 is 0 Å². The maximum atomic E-state index is 12.3. The Bertz CT molecular complexity index is 3340. The fraction of sp³-hybridized carbons (Fsp3) is 0.208. The lowest BCUT2D eigenvalue weighted by molar-refractivity contribution is -0.376. The van der Waals surface area contributed by atoms with Crippen LogP contribution >= 0.6 is 0 Å². The summed E-state index contributed by atoms with van der Waals surface area (Å²) in [6, 6.07) is 85.2. The number of nitrogens with zero attached hydrogens (tertiary/aromatic N) is 1. The molecule has 0 amide bonds. The van der Waals surface area contributed by atoms with Gasteiger partial charge in [0.05, 0.1) is 30.4 Å². The molecule has 0 bridgehead atoms. The van der Waals surface area contributed by atoms with Gasteiger partial charge in [0.2, 0.25) is 0 Å². The number of esters is 1. The van der Waals surface area contributed by atoms with Gasteiger partial charge >= 0.3 is 30.7 Å². The predicted octanol–water partition coefficient (Wildman–Crippen LogP) is 19.8. The molecule has 9 aromatic carbocycles. The van der Waals surface area contributed by atoms with Crippen molar-refractivity contribution < 1.29 is 87.4 Å². The van der Waals surface area contributed by atoms with Crippen LogP contribution in [0.5, 0.6) is 0 Å². The fourth-order valence-corrected chi connectivity index (χ4v) is 6.99. The summed E-state index contributed by atoms with van der Waals surface area (Å²) in [7, 11) is 1.37. The van der Waals surface area contributed by atoms with Crippen molar-refractivity contribution in [3.05, 3.63) is 355 Å². The third kappa shape index (κ3) is 34.0. The zero-order valence-corrected chi connectivity index (χ0v) is 54.2. The molecule has 1 heterocycles. The Morgan fingerprint density at radius 1 is 0.351 bits per heavy atom. The number of benzene rings is 9. The van der Waals surface area contributed by atoms with Gasteiger partial charge in [-0.3, -0.25) is 9.78 Å². The number of carbonyl (C=O) groups is 2. The van der Waals surface area contributed by atoms with E-state index in [2.05, 4.69) is 9.72 Å². The van der Waals surface area contributed by atoms with Gasteiger partial charge in [0.1, 0.15) is 0 Å². The van der Waals surface area contributed by atoms with Crippen molar-refractivity contribution in [2.75, 3.05) is 13.7 Å². The molecule has 1 atom stereocenters. The number of carbonyl (C=O) groups excluding carboxylic acids is 2. The highest BCUT2D eigenvalue weighted by Gasteiger charge is 2.71. The van der Waals surface area contributed by atoms with E-state index in [9.17, 15) is 72.5 Å². The molecule has 10 rings (SSSR count). The average Bonchev–Trinajstić information content (AvgIpc) is 0.753. The number of pyridine rings is 1. The molecule has 0 radical (unpaired) electrons. The zero-order valence-electron chi connectivity index (χ0n) is 54.2. The number of ether oxygens (including phenoxy) is 1. The second kappa shape index (κ2) is 43.4. The van der Waals surface area contributed by atoms with E-state index in [0.717, 1.165) is 42.3 Å². The van der Waals surface area contributed by atoms with Crippen LogP contribution in [0.4, 0.5) is 52.7 Å². The number of halogens is 12. The number of aliphatic hydroxyl groups is 4. The lowest BCUT2D eigenvalue weighted by Gasteiger charge is -2.32. The molecule has 8 nitrogen and oxygen atoms in total. The van der Waals surface area contributed by atoms with E-state index in [1.54, 1.807) is 69.6 Å². The minimum atomic E-state index is -5.83. The molecule has 518 valence electrons. The Balaban J connectivity index is 0.000000546. The van der Waals surface area contributed by atoms with Crippen LogP contribution in [0.15, 0.2) is 316 Å². The van der Waals surface area contributed by atoms with E-state index < -0.39 is 52.6 Å². The second-order valence-electron chi connectivity index (χ2n) is 21.3. The highest BCUT2D eigenvalue weighted by molar-refractivity contribution is 5.93. The lowest BCUT2D eigenvalue weighted by atomic mass is 9.86. The number of Topliss-reactive ketones (excluding diaryl/α,β-unsaturated/α-hetero) is 1. The monoisotopic (exact) mass is 1360 g/mol. The van der Waals surface area contributed by atoms with Gasteiger partial charge in [0.15, 0.2) is 11.4 Å². The molecule has 4 N–H and O–H groups in total. The number of hydrogen-bond acceptors (Lipinski definition) is 8. The molecule has 97 heavy (non-hydrogen) atoms. The number of rotatable bonds is 7. The maximum absolute atomic E-state index is 12.3. The van der Waals surface area contributed by atoms with Gasteiger partial charge in [-0.25, -0.2) is 4.79 Å². The number of hydrogen-bond donors (Lipinski definition) is 4. The lowest BCUT2D eigenvalue weighted by Crippen LogP contribution is -2.53. The van der Waals surface area contributed by atoms with Gasteiger partial charge in [-0.15, -0.1) is 0 Å². The van der Waals surface area contributed by atoms with Crippen LogP contribution in [-0.2, 0) is 33.1 Å². The number of ketones is 1. The summed E-state index contributed by atoms with van der Waals surface area (Å²) in [6.07, 6.45) is -17.0. The van der Waals surface area contributed by atoms with Crippen LogP contribution in [0.1, 0.15) is 90.1 Å². The van der Waals surface area contributed by atoms with Gasteiger partial charge < -0.3 is 25.2 Å². The van der Waals surface area contributed by atoms with Crippen LogP contribution in [-0.4, -0.2) is 69.4 Å². The summed E-state index contributed by atoms with van der Waals surface area (Å²) in [6.45, 7) is 10.1. The van der Waals surface area contributed by atoms with Crippen molar-refractivity contribution in [2.24, 2.45) is 0 Å². The largest absolute Gasteiger partial charge is 0.465 e. The molecule has 0 saturated heterocycles. The Morgan fingerprint density at radius 3 is 0.814 bits per heavy atom. The van der Waals surface area contributed by atoms with Gasteiger partial charge in [0.25, 0.3) is 5.60 Å². The number of aliphatic hydroxyl groups excluding tert-OH is 1. The number of aromatic nitrogens is 1. The third-order valence-electron chi connectivity index (χ3n) is 12.7. The molecule has 20 heteroatoms. The van der Waals surface area contributed by atoms with Crippen LogP contribution in [0, 0.1) is 0 Å². The maximum Gasteiger partial charge on any atom is 0.430 e. The standard InChI is InChI=1S/C10H14O.C9H6F6O.C9H9F3O.C9H12O.C8H8O2.C8H8O.C7H5F3.2C6H6.C5H5N/c1-10(2,8-11)9-6-4-3-5-7-9;10-8(11,12)7(16,9(13,14)15)6-4-2-1-3-5-6;1-8(13,9(10,11)12)7-5-3-2-4-6-7;1-9(2,10)8-6-4-3-5-7-8;1-10-8(9)7-5-3-2-4-6-7;1-7(9)8-5-3-2-4-6-8;8-7(9,10)6-4-2-1-3-5-6;3*1-2-4-6-5-3-1/h3-7,11H,8H2,1-2H3;1-5,16H;2-6,13H,1H3;3-7,10H,1-2H3;2-6H,1H3;2-6H,1H3;1-5H;2*1-6H;1-5H. The van der Waals surface area contributed by atoms with Crippen LogP contribution in [0.3, 0.4) is 0 Å². The van der Waals surface area contributed by atoms with Crippen LogP contribution in [0.2, 0.25) is 0 Å². The van der Waals surface area contributed by atoms with Crippen molar-refractivity contribution >= 4 is 11.8 Å². The molecular weight excluding hydrogens is 1280 g/mol. The Hall–Kier alpha value is -9.73. The molecule has 0 fully saturated rings. The Morgan fingerprint density at radius 2 is 0.608 bits per heavy atom. The minimum Gasteiger partial charge on any atom is -0.465 e. The number of alkyl halides is 12. The van der Waals surface area contributed by atoms with Crippen molar-refractivity contribution in [3.8, 4) is 0 Å². The summed E-state index contributed by atoms with van der Waals surface area (Å²) in [5, 5.41) is 36.6. The first-order valence-corrected chi connectivity index (χ1v) is 29.4. The first kappa shape index (κ1) is 85.3. The highest BCUT2D eigenvalue weighted by Crippen LogP contribution is 2.50. The SMILES string of the molecule is CC(=O)c1ccccc1.CC(C)(CO)c1ccccc1.CC(C)(O)c1ccccc1.CC(O)(c1ccccc1)C(F)(F)F.COC(=O)c1ccccc1.FC(F)(F)c1ccccc1.OC(c1ccccc1)(C(F)(F)F)C(F)(F)F.c1ccccc1.c1ccccc1.c1ccncc1. The smallest absolute Gasteiger partial charge is 0.430 e. The van der Waals surface area contributed by atoms with Gasteiger partial charge in [-0.1, -0.05) is 293 Å². The molecule has 10 aromatic rings. The molecule has 1 unspecified atom stereocenters. The second-order valence-corrected chi connectivity index (χ2v) is 21.3. The molecule has 0 aliphatic rings. The van der Waals surface area contributed by atoms with E-state index in [4.69, 9.17) is 10.2 Å². The van der Waals surface area contributed by atoms with Crippen molar-refractivity contribution in [1.82, 2.24) is 4.98 Å². The molecule has 1 aromatic heterocycles. The van der Waals surface area contributed by atoms with Gasteiger partial charge in [-0.2, -0.15) is 52.7 Å². The first-order chi connectivity index (χ1) is 45.5. The quantitative estimate of drug-likeness (QED) is 0.0703. The summed E-state index contributed by atoms with van der Waals surface area (Å²) in [5.41, 5.74) is -6.93. The highest BCUT2D eigenvalue weighted by atomic mass is 19.4. The molecular formula is C77H79F12NO7. The van der Waals surface area contributed by atoms with E-state index in [1.165, 1.54) is 55.1 Å². The van der Waals surface area contributed by atoms with Crippen LogP contribution in [0.25, 0.3) is 0 Å². The summed E-state index contributed by atoms with van der Waals surface area (Å²) < 4.78 is 151. The minimum absolute atomic E-state index is 0.110. The van der Waals surface area contributed by atoms with Gasteiger partial charge in [0, 0.05) is 28.9 Å². The Kier molecular flexibility index (Phi) is 38.1. The van der Waals surface area contributed by atoms with Crippen molar-refractivity contribution in [2.45, 2.75) is 88.5 Å². The van der Waals surface area contributed by atoms with Crippen molar-refractivity contribution in [1.29, 1.82) is 0 Å². The average molecular weight is 1360 g/mol. The van der Waals surface area contributed by atoms with E-state index in [-0.39, 0.29) is 29.3 Å². The summed E-state index contributed by atoms with van der Waals surface area (Å²) in [4.78, 5) is 25.2. The molecule has 0 saturated carbocycles. The molecule has 0 aliphatic carbocycles. The normalized spacial score (nSPS) is 11.5. The third-order valence-corrected chi connectivity index (χ3v) is 12.7. The summed E-state index contributed by atoms with van der Waals surface area (Å²) in [5.74, 6) is -0.170. The zero-order chi connectivity index (χ0) is 73.1.